The number of nitrogens with one attached hydrogen (secondary N) is 2. The maximum atomic E-state index is 12.4. The van der Waals surface area contributed by atoms with E-state index in [-0.39, 0.29) is 17.3 Å². The van der Waals surface area contributed by atoms with Gasteiger partial charge in [-0.2, -0.15) is 0 Å². The second-order valence-corrected chi connectivity index (χ2v) is 8.60. The van der Waals surface area contributed by atoms with Crippen LogP contribution in [0.3, 0.4) is 0 Å². The monoisotopic (exact) mass is 387 g/mol. The molecule has 0 saturated carbocycles. The predicted molar refractivity (Wildman–Crippen MR) is 106 cm³/mol. The Kier molecular flexibility index (Phi) is 6.26. The molecule has 7 heteroatoms. The molecule has 1 heterocycles. The summed E-state index contributed by atoms with van der Waals surface area (Å²) in [5.41, 5.74) is 2.73. The minimum Gasteiger partial charge on any atom is -0.326 e. The number of sulfonamides is 1. The Labute approximate surface area is 160 Å². The maximum Gasteiger partial charge on any atom is 0.240 e. The summed E-state index contributed by atoms with van der Waals surface area (Å²) in [6.45, 7) is 4.90. The van der Waals surface area contributed by atoms with E-state index in [1.165, 1.54) is 37.5 Å². The molecule has 6 nitrogen and oxygen atoms in total. The van der Waals surface area contributed by atoms with Crippen molar-refractivity contribution in [1.29, 1.82) is 0 Å². The van der Waals surface area contributed by atoms with Gasteiger partial charge < -0.3 is 5.32 Å². The van der Waals surface area contributed by atoms with Crippen LogP contribution in [0, 0.1) is 0 Å². The highest BCUT2D eigenvalue weighted by Crippen LogP contribution is 2.16. The van der Waals surface area contributed by atoms with Gasteiger partial charge in [0.1, 0.15) is 0 Å². The molecule has 1 amide bonds. The van der Waals surface area contributed by atoms with Gasteiger partial charge in [-0.25, -0.2) is 13.1 Å². The van der Waals surface area contributed by atoms with Crippen LogP contribution in [-0.4, -0.2) is 32.3 Å². The molecule has 2 N–H and O–H groups in total. The van der Waals surface area contributed by atoms with E-state index in [1.54, 1.807) is 12.1 Å². The standard InChI is InChI=1S/C20H25N3O3S/c1-16(24)22-19-8-10-20(11-9-19)27(25,26)21-14-17-4-6-18(7-5-17)15-23-12-2-3-13-23/h4-11,21H,2-3,12-15H2,1H3,(H,22,24). The van der Waals surface area contributed by atoms with Gasteiger partial charge in [-0.3, -0.25) is 9.69 Å². The Bertz CT molecular complexity index is 872. The molecule has 0 atom stereocenters. The summed E-state index contributed by atoms with van der Waals surface area (Å²) < 4.78 is 27.5. The molecule has 0 unspecified atom stereocenters. The number of rotatable bonds is 7. The Balaban J connectivity index is 1.57. The predicted octanol–water partition coefficient (Wildman–Crippen LogP) is 2.72. The largest absolute Gasteiger partial charge is 0.326 e. The van der Waals surface area contributed by atoms with Gasteiger partial charge in [-0.05, 0) is 61.3 Å². The Hall–Kier alpha value is -2.22. The Morgan fingerprint density at radius 3 is 2.15 bits per heavy atom. The lowest BCUT2D eigenvalue weighted by Gasteiger charge is -2.14. The molecule has 0 radical (unpaired) electrons. The van der Waals surface area contributed by atoms with Gasteiger partial charge in [0, 0.05) is 25.7 Å². The van der Waals surface area contributed by atoms with Crippen LogP contribution >= 0.6 is 0 Å². The summed E-state index contributed by atoms with van der Waals surface area (Å²) >= 11 is 0. The molecule has 144 valence electrons. The number of amides is 1. The summed E-state index contributed by atoms with van der Waals surface area (Å²) in [4.78, 5) is 13.6. The number of anilines is 1. The first-order valence-electron chi connectivity index (χ1n) is 9.10. The zero-order valence-electron chi connectivity index (χ0n) is 15.4. The van der Waals surface area contributed by atoms with Gasteiger partial charge in [-0.1, -0.05) is 24.3 Å². The molecular weight excluding hydrogens is 362 g/mol. The van der Waals surface area contributed by atoms with E-state index in [9.17, 15) is 13.2 Å². The lowest BCUT2D eigenvalue weighted by molar-refractivity contribution is -0.114. The topological polar surface area (TPSA) is 78.5 Å². The van der Waals surface area contributed by atoms with Gasteiger partial charge >= 0.3 is 0 Å². The van der Waals surface area contributed by atoms with Gasteiger partial charge in [-0.15, -0.1) is 0 Å². The number of benzene rings is 2. The second kappa shape index (κ2) is 8.65. The Morgan fingerprint density at radius 2 is 1.56 bits per heavy atom. The zero-order valence-corrected chi connectivity index (χ0v) is 16.3. The first-order valence-corrected chi connectivity index (χ1v) is 10.6. The zero-order chi connectivity index (χ0) is 19.3. The van der Waals surface area contributed by atoms with E-state index in [0.29, 0.717) is 5.69 Å². The first-order chi connectivity index (χ1) is 12.9. The van der Waals surface area contributed by atoms with Gasteiger partial charge in [0.05, 0.1) is 4.90 Å². The molecule has 1 saturated heterocycles. The first kappa shape index (κ1) is 19.5. The van der Waals surface area contributed by atoms with Gasteiger partial charge in [0.15, 0.2) is 0 Å². The third kappa shape index (κ3) is 5.63. The van der Waals surface area contributed by atoms with E-state index < -0.39 is 10.0 Å². The summed E-state index contributed by atoms with van der Waals surface area (Å²) in [5.74, 6) is -0.197. The fourth-order valence-electron chi connectivity index (χ4n) is 3.14. The number of carbonyl (C=O) groups excluding carboxylic acids is 1. The summed E-state index contributed by atoms with van der Waals surface area (Å²) in [6.07, 6.45) is 2.54. The average molecular weight is 388 g/mol. The molecular formula is C20H25N3O3S. The molecule has 2 aromatic rings. The minimum absolute atomic E-state index is 0.169. The van der Waals surface area contributed by atoms with E-state index in [4.69, 9.17) is 0 Å². The lowest BCUT2D eigenvalue weighted by atomic mass is 10.1. The van der Waals surface area contributed by atoms with Crippen LogP contribution in [0.2, 0.25) is 0 Å². The van der Waals surface area contributed by atoms with Crippen molar-refractivity contribution in [1.82, 2.24) is 9.62 Å². The van der Waals surface area contributed by atoms with E-state index in [2.05, 4.69) is 27.1 Å². The number of nitrogens with zero attached hydrogens (tertiary/aromatic N) is 1. The van der Waals surface area contributed by atoms with E-state index in [1.807, 2.05) is 12.1 Å². The van der Waals surface area contributed by atoms with Gasteiger partial charge in [0.25, 0.3) is 0 Å². The molecule has 0 bridgehead atoms. The average Bonchev–Trinajstić information content (AvgIpc) is 3.14. The SMILES string of the molecule is CC(=O)Nc1ccc(S(=O)(=O)NCc2ccc(CN3CCCC3)cc2)cc1. The molecule has 27 heavy (non-hydrogen) atoms. The molecule has 2 aromatic carbocycles. The molecule has 1 fully saturated rings. The van der Waals surface area contributed by atoms with Crippen molar-refractivity contribution >= 4 is 21.6 Å². The van der Waals surface area contributed by atoms with Crippen molar-refractivity contribution in [3.8, 4) is 0 Å². The highest BCUT2D eigenvalue weighted by molar-refractivity contribution is 7.89. The van der Waals surface area contributed by atoms with Crippen molar-refractivity contribution in [2.45, 2.75) is 37.8 Å². The van der Waals surface area contributed by atoms with Crippen molar-refractivity contribution in [2.75, 3.05) is 18.4 Å². The van der Waals surface area contributed by atoms with Crippen molar-refractivity contribution in [3.05, 3.63) is 59.7 Å². The van der Waals surface area contributed by atoms with Crippen LogP contribution in [0.15, 0.2) is 53.4 Å². The van der Waals surface area contributed by atoms with Crippen LogP contribution < -0.4 is 10.0 Å². The number of carbonyl (C=O) groups is 1. The number of likely N-dealkylation sites (tertiary alicyclic amines) is 1. The normalized spacial score (nSPS) is 15.0. The van der Waals surface area contributed by atoms with Crippen molar-refractivity contribution in [2.24, 2.45) is 0 Å². The second-order valence-electron chi connectivity index (χ2n) is 6.83. The number of hydrogen-bond acceptors (Lipinski definition) is 4. The van der Waals surface area contributed by atoms with Crippen molar-refractivity contribution < 1.29 is 13.2 Å². The maximum absolute atomic E-state index is 12.4. The van der Waals surface area contributed by atoms with Crippen LogP contribution in [-0.2, 0) is 27.9 Å². The molecule has 0 spiro atoms. The summed E-state index contributed by atoms with van der Waals surface area (Å²) in [6, 6.07) is 14.2. The lowest BCUT2D eigenvalue weighted by Crippen LogP contribution is -2.23. The van der Waals surface area contributed by atoms with Crippen LogP contribution in [0.1, 0.15) is 30.9 Å². The smallest absolute Gasteiger partial charge is 0.240 e. The van der Waals surface area contributed by atoms with E-state index >= 15 is 0 Å². The third-order valence-electron chi connectivity index (χ3n) is 4.58. The highest BCUT2D eigenvalue weighted by Gasteiger charge is 2.14. The summed E-state index contributed by atoms with van der Waals surface area (Å²) in [7, 11) is -3.60. The third-order valence-corrected chi connectivity index (χ3v) is 6.00. The van der Waals surface area contributed by atoms with Gasteiger partial charge in [0.2, 0.25) is 15.9 Å². The fourth-order valence-corrected chi connectivity index (χ4v) is 4.16. The van der Waals surface area contributed by atoms with Crippen LogP contribution in [0.25, 0.3) is 0 Å². The van der Waals surface area contributed by atoms with Crippen LogP contribution in [0.5, 0.6) is 0 Å². The van der Waals surface area contributed by atoms with Crippen LogP contribution in [0.4, 0.5) is 5.69 Å². The quantitative estimate of drug-likeness (QED) is 0.766. The molecule has 0 aliphatic carbocycles. The molecule has 0 aromatic heterocycles. The van der Waals surface area contributed by atoms with E-state index in [0.717, 1.165) is 25.2 Å². The van der Waals surface area contributed by atoms with Crippen molar-refractivity contribution in [3.63, 3.8) is 0 Å². The minimum atomic E-state index is -3.60. The Morgan fingerprint density at radius 1 is 0.963 bits per heavy atom. The summed E-state index contributed by atoms with van der Waals surface area (Å²) in [5, 5.41) is 2.61. The molecule has 1 aliphatic rings. The molecule has 1 aliphatic heterocycles. The fraction of sp³-hybridized carbons (Fsp3) is 0.350. The number of hydrogen-bond donors (Lipinski definition) is 2. The molecule has 3 rings (SSSR count). The highest BCUT2D eigenvalue weighted by atomic mass is 32.2.